The summed E-state index contributed by atoms with van der Waals surface area (Å²) < 4.78 is 0. The highest BCUT2D eigenvalue weighted by Gasteiger charge is 2.06. The summed E-state index contributed by atoms with van der Waals surface area (Å²) in [6, 6.07) is 11.6. The Balaban J connectivity index is 2.32. The Morgan fingerprint density at radius 2 is 1.28 bits per heavy atom. The second-order valence-corrected chi connectivity index (χ2v) is 6.57. The summed E-state index contributed by atoms with van der Waals surface area (Å²) in [5.74, 6) is 6.46. The number of hydrogen-bond donors (Lipinski definition) is 0. The van der Waals surface area contributed by atoms with Crippen LogP contribution >= 0.6 is 12.2 Å². The Bertz CT molecular complexity index is 849. The van der Waals surface area contributed by atoms with Crippen molar-refractivity contribution in [2.24, 2.45) is 4.99 Å². The molecule has 0 bridgehead atoms. The zero-order chi connectivity index (χ0) is 21.1. The van der Waals surface area contributed by atoms with Crippen LogP contribution in [0, 0.1) is 39.5 Å². The lowest BCUT2D eigenvalue weighted by Crippen LogP contribution is -2.25. The summed E-state index contributed by atoms with van der Waals surface area (Å²) in [6.45, 7) is 19.9. The van der Waals surface area contributed by atoms with E-state index in [-0.39, 0.29) is 0 Å². The zero-order valence-electron chi connectivity index (χ0n) is 16.7. The van der Waals surface area contributed by atoms with Gasteiger partial charge in [0, 0.05) is 24.2 Å². The van der Waals surface area contributed by atoms with Crippen molar-refractivity contribution in [1.29, 1.82) is 0 Å². The average molecular weight is 403 g/mol. The number of pyridine rings is 1. The molecule has 0 amide bonds. The van der Waals surface area contributed by atoms with Gasteiger partial charge in [-0.25, -0.2) is 0 Å². The van der Waals surface area contributed by atoms with Crippen molar-refractivity contribution in [1.82, 2.24) is 14.8 Å². The van der Waals surface area contributed by atoms with Crippen LogP contribution in [0.25, 0.3) is 0 Å². The molecule has 0 aliphatic heterocycles. The molecule has 29 heavy (non-hydrogen) atoms. The first kappa shape index (κ1) is 22.9. The van der Waals surface area contributed by atoms with E-state index in [4.69, 9.17) is 4.98 Å². The second kappa shape index (κ2) is 12.3. The van der Waals surface area contributed by atoms with Gasteiger partial charge in [0.25, 0.3) is 0 Å². The maximum Gasteiger partial charge on any atom is 0.0740 e. The molecule has 0 fully saturated rings. The molecule has 0 unspecified atom stereocenters. The third-order valence-corrected chi connectivity index (χ3v) is 4.45. The molecule has 0 atom stereocenters. The van der Waals surface area contributed by atoms with Crippen LogP contribution in [0.5, 0.6) is 0 Å². The highest BCUT2D eigenvalue weighted by atomic mass is 32.1. The molecule has 1 aromatic carbocycles. The molecule has 1 heterocycles. The van der Waals surface area contributed by atoms with Crippen LogP contribution in [0.4, 0.5) is 5.69 Å². The van der Waals surface area contributed by atoms with E-state index in [9.17, 15) is 0 Å². The van der Waals surface area contributed by atoms with Crippen molar-refractivity contribution in [3.63, 3.8) is 0 Å². The van der Waals surface area contributed by atoms with Gasteiger partial charge in [-0.05, 0) is 48.6 Å². The summed E-state index contributed by atoms with van der Waals surface area (Å²) in [6.07, 6.45) is 0. The number of nitrogens with zero attached hydrogens (tertiary/aromatic N) is 4. The summed E-state index contributed by atoms with van der Waals surface area (Å²) in [5.41, 5.74) is 4.51. The van der Waals surface area contributed by atoms with Crippen molar-refractivity contribution in [2.45, 2.75) is 13.1 Å². The molecule has 0 spiro atoms. The van der Waals surface area contributed by atoms with Crippen molar-refractivity contribution < 1.29 is 0 Å². The van der Waals surface area contributed by atoms with E-state index in [1.807, 2.05) is 36.4 Å². The van der Waals surface area contributed by atoms with Crippen LogP contribution in [0.1, 0.15) is 22.5 Å². The fraction of sp³-hybridized carbons (Fsp3) is 0.250. The molecule has 5 heteroatoms. The summed E-state index contributed by atoms with van der Waals surface area (Å²) >= 11 is 4.63. The smallest absolute Gasteiger partial charge is 0.0740 e. The predicted molar refractivity (Wildman–Crippen MR) is 123 cm³/mol. The van der Waals surface area contributed by atoms with Crippen LogP contribution in [-0.2, 0) is 13.1 Å². The Morgan fingerprint density at radius 1 is 0.793 bits per heavy atom. The number of aromatic nitrogens is 1. The molecule has 2 rings (SSSR count). The van der Waals surface area contributed by atoms with Gasteiger partial charge in [-0.2, -0.15) is 4.99 Å². The molecular weight excluding hydrogens is 376 g/mol. The minimum Gasteiger partial charge on any atom is -0.357 e. The van der Waals surface area contributed by atoms with Gasteiger partial charge >= 0.3 is 0 Å². The minimum atomic E-state index is 0.677. The van der Waals surface area contributed by atoms with Gasteiger partial charge in [-0.3, -0.25) is 4.98 Å². The molecule has 1 aromatic heterocycles. The van der Waals surface area contributed by atoms with Gasteiger partial charge in [-0.15, -0.1) is 26.2 Å². The maximum absolute atomic E-state index is 4.80. The molecular formula is C24H26N4S-4. The number of isothiocyanates is 1. The SMILES string of the molecule is [CH2-]CN(C[CH2-])Cc1cc(C#Cc2ccc(N=C=S)cc2)cc(CN(C[CH2-])C[CH2-])n1. The Morgan fingerprint density at radius 3 is 1.72 bits per heavy atom. The summed E-state index contributed by atoms with van der Waals surface area (Å²) in [5, 5.41) is 2.36. The normalized spacial score (nSPS) is 10.6. The third kappa shape index (κ3) is 7.53. The van der Waals surface area contributed by atoms with Crippen molar-refractivity contribution in [3.8, 4) is 11.8 Å². The fourth-order valence-electron chi connectivity index (χ4n) is 2.70. The quantitative estimate of drug-likeness (QED) is 0.273. The monoisotopic (exact) mass is 402 g/mol. The highest BCUT2D eigenvalue weighted by Crippen LogP contribution is 2.13. The molecule has 0 saturated carbocycles. The van der Waals surface area contributed by atoms with Crippen molar-refractivity contribution in [3.05, 3.63) is 86.6 Å². The summed E-state index contributed by atoms with van der Waals surface area (Å²) in [4.78, 5) is 13.0. The third-order valence-electron chi connectivity index (χ3n) is 4.36. The maximum atomic E-state index is 4.80. The topological polar surface area (TPSA) is 31.7 Å². The lowest BCUT2D eigenvalue weighted by Gasteiger charge is -2.27. The van der Waals surface area contributed by atoms with E-state index < -0.39 is 0 Å². The molecule has 0 aliphatic rings. The first-order valence-electron chi connectivity index (χ1n) is 9.43. The molecule has 0 N–H and O–H groups in total. The van der Waals surface area contributed by atoms with Gasteiger partial charge in [0.2, 0.25) is 0 Å². The van der Waals surface area contributed by atoms with E-state index in [2.05, 4.69) is 71.7 Å². The number of hydrogen-bond acceptors (Lipinski definition) is 5. The van der Waals surface area contributed by atoms with E-state index in [1.54, 1.807) is 0 Å². The highest BCUT2D eigenvalue weighted by molar-refractivity contribution is 7.78. The minimum absolute atomic E-state index is 0.677. The molecule has 0 aliphatic carbocycles. The predicted octanol–water partition coefficient (Wildman–Crippen LogP) is 4.16. The van der Waals surface area contributed by atoms with Gasteiger partial charge in [0.05, 0.1) is 22.2 Å². The van der Waals surface area contributed by atoms with Crippen molar-refractivity contribution in [2.75, 3.05) is 26.2 Å². The van der Waals surface area contributed by atoms with Crippen LogP contribution in [0.3, 0.4) is 0 Å². The van der Waals surface area contributed by atoms with E-state index >= 15 is 0 Å². The van der Waals surface area contributed by atoms with E-state index in [1.165, 1.54) is 0 Å². The number of benzene rings is 1. The first-order valence-corrected chi connectivity index (χ1v) is 9.84. The molecule has 4 nitrogen and oxygen atoms in total. The van der Waals surface area contributed by atoms with Crippen LogP contribution in [0.15, 0.2) is 41.4 Å². The Hall–Kier alpha value is -2.35. The molecule has 2 aromatic rings. The fourth-order valence-corrected chi connectivity index (χ4v) is 2.80. The summed E-state index contributed by atoms with van der Waals surface area (Å²) in [7, 11) is 0. The Labute approximate surface area is 180 Å². The van der Waals surface area contributed by atoms with Crippen molar-refractivity contribution >= 4 is 23.1 Å². The zero-order valence-corrected chi connectivity index (χ0v) is 17.5. The average Bonchev–Trinajstić information content (AvgIpc) is 2.75. The van der Waals surface area contributed by atoms with E-state index in [0.717, 1.165) is 28.2 Å². The van der Waals surface area contributed by atoms with Crippen LogP contribution in [0.2, 0.25) is 0 Å². The van der Waals surface area contributed by atoms with Crippen LogP contribution in [-0.4, -0.2) is 46.1 Å². The number of thiocarbonyl (C=S) groups is 1. The molecule has 0 saturated heterocycles. The lowest BCUT2D eigenvalue weighted by molar-refractivity contribution is 0.311. The standard InChI is InChI=1S/C24H26N4S/c1-5-27(6-2)17-23-15-21(16-24(26-23)18-28(7-3)8-4)10-9-20-11-13-22(14-12-20)25-19-29/h11-16H,1-8,17-18H2/q-4. The van der Waals surface area contributed by atoms with Gasteiger partial charge in [0.15, 0.2) is 0 Å². The number of rotatable bonds is 9. The van der Waals surface area contributed by atoms with Gasteiger partial charge in [0.1, 0.15) is 0 Å². The molecule has 152 valence electrons. The van der Waals surface area contributed by atoms with Gasteiger partial charge in [-0.1, -0.05) is 11.8 Å². The molecule has 0 radical (unpaired) electrons. The lowest BCUT2D eigenvalue weighted by atomic mass is 10.1. The van der Waals surface area contributed by atoms with Crippen LogP contribution < -0.4 is 0 Å². The van der Waals surface area contributed by atoms with E-state index in [0.29, 0.717) is 39.3 Å². The van der Waals surface area contributed by atoms with Gasteiger partial charge < -0.3 is 37.5 Å². The first-order chi connectivity index (χ1) is 14.1. The Kier molecular flexibility index (Phi) is 9.70. The largest absolute Gasteiger partial charge is 0.357 e. The second-order valence-electron chi connectivity index (χ2n) is 6.39. The number of aliphatic imine (C=N–C) groups is 1.